The zero-order chi connectivity index (χ0) is 13.7. The summed E-state index contributed by atoms with van der Waals surface area (Å²) in [5.41, 5.74) is 3.12. The molecule has 0 fully saturated rings. The zero-order valence-electron chi connectivity index (χ0n) is 11.6. The Labute approximate surface area is 113 Å². The van der Waals surface area contributed by atoms with Gasteiger partial charge in [-0.25, -0.2) is 9.97 Å². The van der Waals surface area contributed by atoms with Crippen LogP contribution in [0, 0.1) is 6.92 Å². The van der Waals surface area contributed by atoms with Crippen LogP contribution in [0.15, 0.2) is 24.5 Å². The molecule has 0 atom stereocenters. The van der Waals surface area contributed by atoms with Crippen LogP contribution in [0.25, 0.3) is 0 Å². The van der Waals surface area contributed by atoms with Gasteiger partial charge in [-0.2, -0.15) is 0 Å². The average molecular weight is 257 g/mol. The lowest BCUT2D eigenvalue weighted by molar-refractivity contribution is 0.974. The smallest absolute Gasteiger partial charge is 0.135 e. The van der Waals surface area contributed by atoms with Gasteiger partial charge in [-0.1, -0.05) is 13.0 Å². The number of nitrogens with one attached hydrogen (secondary N) is 2. The lowest BCUT2D eigenvalue weighted by atomic mass is 10.2. The van der Waals surface area contributed by atoms with Crippen molar-refractivity contribution in [1.29, 1.82) is 0 Å². The van der Waals surface area contributed by atoms with Gasteiger partial charge in [-0.05, 0) is 25.5 Å². The van der Waals surface area contributed by atoms with E-state index in [-0.39, 0.29) is 0 Å². The van der Waals surface area contributed by atoms with Crippen LogP contribution in [0.2, 0.25) is 0 Å². The molecule has 19 heavy (non-hydrogen) atoms. The maximum atomic E-state index is 4.46. The Bertz CT molecular complexity index is 553. The second kappa shape index (κ2) is 6.13. The lowest BCUT2D eigenvalue weighted by Gasteiger charge is -2.12. The first-order chi connectivity index (χ1) is 9.24. The highest BCUT2D eigenvalue weighted by Gasteiger charge is 2.08. The molecular formula is C14H19N5. The van der Waals surface area contributed by atoms with Crippen molar-refractivity contribution in [2.75, 3.05) is 17.7 Å². The van der Waals surface area contributed by atoms with Crippen LogP contribution in [-0.4, -0.2) is 22.0 Å². The average Bonchev–Trinajstić information content (AvgIpc) is 2.44. The van der Waals surface area contributed by atoms with Crippen LogP contribution >= 0.6 is 0 Å². The van der Waals surface area contributed by atoms with Gasteiger partial charge in [0.15, 0.2) is 0 Å². The van der Waals surface area contributed by atoms with Gasteiger partial charge in [0.25, 0.3) is 0 Å². The number of aryl methyl sites for hydroxylation is 1. The maximum absolute atomic E-state index is 4.46. The van der Waals surface area contributed by atoms with Gasteiger partial charge in [-0.15, -0.1) is 0 Å². The number of aromatic nitrogens is 3. The van der Waals surface area contributed by atoms with Crippen molar-refractivity contribution >= 4 is 11.6 Å². The minimum Gasteiger partial charge on any atom is -0.373 e. The van der Waals surface area contributed by atoms with Crippen LogP contribution in [0.4, 0.5) is 11.6 Å². The third kappa shape index (κ3) is 3.19. The number of rotatable bonds is 5. The van der Waals surface area contributed by atoms with Gasteiger partial charge in [-0.3, -0.25) is 4.98 Å². The zero-order valence-corrected chi connectivity index (χ0v) is 11.6. The fraction of sp³-hybridized carbons (Fsp3) is 0.357. The van der Waals surface area contributed by atoms with E-state index in [1.165, 1.54) is 0 Å². The van der Waals surface area contributed by atoms with Crippen molar-refractivity contribution in [3.05, 3.63) is 41.5 Å². The summed E-state index contributed by atoms with van der Waals surface area (Å²) < 4.78 is 0. The molecule has 2 N–H and O–H groups in total. The monoisotopic (exact) mass is 257 g/mol. The Morgan fingerprint density at radius 2 is 1.95 bits per heavy atom. The number of anilines is 2. The molecule has 0 aliphatic heterocycles. The SMILES string of the molecule is CCc1c(NC)ncnc1NCc1cccc(C)n1. The first-order valence-corrected chi connectivity index (χ1v) is 6.42. The first kappa shape index (κ1) is 13.3. The molecule has 0 saturated heterocycles. The molecule has 0 bridgehead atoms. The molecule has 0 radical (unpaired) electrons. The Kier molecular flexibility index (Phi) is 4.28. The number of nitrogens with zero attached hydrogens (tertiary/aromatic N) is 3. The molecule has 2 aromatic heterocycles. The molecule has 0 aliphatic rings. The molecule has 0 saturated carbocycles. The highest BCUT2D eigenvalue weighted by atomic mass is 15.1. The van der Waals surface area contributed by atoms with Gasteiger partial charge in [0.1, 0.15) is 18.0 Å². The second-order valence-corrected chi connectivity index (χ2v) is 4.28. The van der Waals surface area contributed by atoms with Crippen molar-refractivity contribution in [3.63, 3.8) is 0 Å². The molecular weight excluding hydrogens is 238 g/mol. The minimum absolute atomic E-state index is 0.662. The Hall–Kier alpha value is -2.17. The summed E-state index contributed by atoms with van der Waals surface area (Å²) in [6.45, 7) is 4.75. The fourth-order valence-corrected chi connectivity index (χ4v) is 1.99. The predicted molar refractivity (Wildman–Crippen MR) is 77.3 cm³/mol. The van der Waals surface area contributed by atoms with E-state index in [2.05, 4.69) is 32.5 Å². The molecule has 0 aliphatic carbocycles. The van der Waals surface area contributed by atoms with E-state index in [0.29, 0.717) is 6.54 Å². The van der Waals surface area contributed by atoms with Crippen LogP contribution in [0.5, 0.6) is 0 Å². The molecule has 0 unspecified atom stereocenters. The van der Waals surface area contributed by atoms with E-state index in [1.54, 1.807) is 6.33 Å². The third-order valence-electron chi connectivity index (χ3n) is 2.92. The van der Waals surface area contributed by atoms with Crippen molar-refractivity contribution in [1.82, 2.24) is 15.0 Å². The third-order valence-corrected chi connectivity index (χ3v) is 2.92. The Morgan fingerprint density at radius 1 is 1.16 bits per heavy atom. The quantitative estimate of drug-likeness (QED) is 0.861. The molecule has 5 heteroatoms. The van der Waals surface area contributed by atoms with E-state index < -0.39 is 0 Å². The largest absolute Gasteiger partial charge is 0.373 e. The van der Waals surface area contributed by atoms with Crippen molar-refractivity contribution in [3.8, 4) is 0 Å². The Morgan fingerprint density at radius 3 is 2.63 bits per heavy atom. The first-order valence-electron chi connectivity index (χ1n) is 6.42. The summed E-state index contributed by atoms with van der Waals surface area (Å²) in [6.07, 6.45) is 2.44. The van der Waals surface area contributed by atoms with Crippen LogP contribution in [0.3, 0.4) is 0 Å². The topological polar surface area (TPSA) is 62.7 Å². The fourth-order valence-electron chi connectivity index (χ4n) is 1.99. The molecule has 2 heterocycles. The molecule has 5 nitrogen and oxygen atoms in total. The van der Waals surface area contributed by atoms with Crippen LogP contribution < -0.4 is 10.6 Å². The highest BCUT2D eigenvalue weighted by molar-refractivity contribution is 5.57. The van der Waals surface area contributed by atoms with E-state index >= 15 is 0 Å². The normalized spacial score (nSPS) is 10.3. The molecule has 0 amide bonds. The van der Waals surface area contributed by atoms with Gasteiger partial charge in [0.05, 0.1) is 12.2 Å². The molecule has 0 aromatic carbocycles. The molecule has 0 spiro atoms. The second-order valence-electron chi connectivity index (χ2n) is 4.28. The summed E-state index contributed by atoms with van der Waals surface area (Å²) in [7, 11) is 1.87. The number of hydrogen-bond acceptors (Lipinski definition) is 5. The highest BCUT2D eigenvalue weighted by Crippen LogP contribution is 2.20. The summed E-state index contributed by atoms with van der Waals surface area (Å²) in [5, 5.41) is 6.42. The van der Waals surface area contributed by atoms with Gasteiger partial charge < -0.3 is 10.6 Å². The van der Waals surface area contributed by atoms with Crippen LogP contribution in [0.1, 0.15) is 23.9 Å². The van der Waals surface area contributed by atoms with Gasteiger partial charge >= 0.3 is 0 Å². The van der Waals surface area contributed by atoms with E-state index in [9.17, 15) is 0 Å². The molecule has 100 valence electrons. The van der Waals surface area contributed by atoms with Crippen molar-refractivity contribution in [2.45, 2.75) is 26.8 Å². The summed E-state index contributed by atoms with van der Waals surface area (Å²) in [6, 6.07) is 6.01. The van der Waals surface area contributed by atoms with Crippen molar-refractivity contribution in [2.24, 2.45) is 0 Å². The molecule has 2 aromatic rings. The Balaban J connectivity index is 2.15. The molecule has 2 rings (SSSR count). The van der Waals surface area contributed by atoms with Crippen LogP contribution in [-0.2, 0) is 13.0 Å². The minimum atomic E-state index is 0.662. The number of pyridine rings is 1. The van der Waals surface area contributed by atoms with E-state index in [0.717, 1.165) is 35.0 Å². The maximum Gasteiger partial charge on any atom is 0.135 e. The van der Waals surface area contributed by atoms with E-state index in [1.807, 2.05) is 32.2 Å². The number of hydrogen-bond donors (Lipinski definition) is 2. The van der Waals surface area contributed by atoms with Gasteiger partial charge in [0, 0.05) is 18.3 Å². The standard InChI is InChI=1S/C14H19N5/c1-4-12-13(15-3)17-9-18-14(12)16-8-11-7-5-6-10(2)19-11/h5-7,9H,4,8H2,1-3H3,(H2,15,16,17,18). The lowest BCUT2D eigenvalue weighted by Crippen LogP contribution is -2.09. The van der Waals surface area contributed by atoms with Crippen molar-refractivity contribution < 1.29 is 0 Å². The van der Waals surface area contributed by atoms with Gasteiger partial charge in [0.2, 0.25) is 0 Å². The summed E-state index contributed by atoms with van der Waals surface area (Å²) in [5.74, 6) is 1.74. The predicted octanol–water partition coefficient (Wildman–Crippen LogP) is 2.40. The summed E-state index contributed by atoms with van der Waals surface area (Å²) >= 11 is 0. The summed E-state index contributed by atoms with van der Waals surface area (Å²) in [4.78, 5) is 13.0. The van der Waals surface area contributed by atoms with E-state index in [4.69, 9.17) is 0 Å².